The first-order valence-electron chi connectivity index (χ1n) is 5.90. The molecule has 0 saturated carbocycles. The van der Waals surface area contributed by atoms with Crippen LogP contribution < -0.4 is 5.32 Å². The van der Waals surface area contributed by atoms with Gasteiger partial charge in [-0.15, -0.1) is 0 Å². The van der Waals surface area contributed by atoms with Crippen LogP contribution in [0.4, 0.5) is 0 Å². The molecular formula is C13H21NO2. The molecule has 0 aliphatic carbocycles. The maximum absolute atomic E-state index is 9.52. The van der Waals surface area contributed by atoms with E-state index in [0.29, 0.717) is 12.3 Å². The molecule has 0 spiro atoms. The summed E-state index contributed by atoms with van der Waals surface area (Å²) in [5.74, 6) is 0.359. The van der Waals surface area contributed by atoms with E-state index < -0.39 is 0 Å². The number of para-hydroxylation sites is 1. The number of phenols is 1. The topological polar surface area (TPSA) is 41.5 Å². The van der Waals surface area contributed by atoms with Gasteiger partial charge in [0.15, 0.2) is 0 Å². The Morgan fingerprint density at radius 2 is 2.06 bits per heavy atom. The summed E-state index contributed by atoms with van der Waals surface area (Å²) in [6.45, 7) is 5.38. The van der Waals surface area contributed by atoms with Gasteiger partial charge >= 0.3 is 0 Å². The quantitative estimate of drug-likeness (QED) is 0.664. The van der Waals surface area contributed by atoms with Crippen molar-refractivity contribution in [2.75, 3.05) is 19.8 Å². The number of hydrogen-bond acceptors (Lipinski definition) is 3. The number of aromatic hydroxyl groups is 1. The Hall–Kier alpha value is -1.06. The fourth-order valence-electron chi connectivity index (χ4n) is 1.43. The second-order valence-electron chi connectivity index (χ2n) is 3.77. The molecule has 0 aliphatic rings. The molecule has 3 nitrogen and oxygen atoms in total. The largest absolute Gasteiger partial charge is 0.508 e. The molecule has 0 aromatic heterocycles. The molecule has 1 aromatic carbocycles. The van der Waals surface area contributed by atoms with Crippen LogP contribution in [0.15, 0.2) is 24.3 Å². The number of benzene rings is 1. The molecule has 1 rings (SSSR count). The highest BCUT2D eigenvalue weighted by molar-refractivity contribution is 5.31. The molecule has 90 valence electrons. The van der Waals surface area contributed by atoms with Gasteiger partial charge in [0.2, 0.25) is 0 Å². The summed E-state index contributed by atoms with van der Waals surface area (Å²) in [5, 5.41) is 12.8. The van der Waals surface area contributed by atoms with E-state index in [2.05, 4.69) is 12.2 Å². The van der Waals surface area contributed by atoms with Crippen molar-refractivity contribution in [2.24, 2.45) is 0 Å². The smallest absolute Gasteiger partial charge is 0.120 e. The first-order chi connectivity index (χ1) is 7.84. The number of phenolic OH excluding ortho intramolecular Hbond substituents is 1. The summed E-state index contributed by atoms with van der Waals surface area (Å²) in [4.78, 5) is 0. The minimum atomic E-state index is 0.359. The third kappa shape index (κ3) is 5.14. The Morgan fingerprint density at radius 3 is 2.81 bits per heavy atom. The predicted molar refractivity (Wildman–Crippen MR) is 65.5 cm³/mol. The van der Waals surface area contributed by atoms with Crippen LogP contribution in [0.3, 0.4) is 0 Å². The van der Waals surface area contributed by atoms with Crippen LogP contribution in [0.5, 0.6) is 5.75 Å². The minimum absolute atomic E-state index is 0.359. The van der Waals surface area contributed by atoms with E-state index in [1.807, 2.05) is 18.2 Å². The van der Waals surface area contributed by atoms with E-state index in [-0.39, 0.29) is 0 Å². The molecule has 0 bridgehead atoms. The van der Waals surface area contributed by atoms with E-state index in [0.717, 1.165) is 38.2 Å². The first kappa shape index (κ1) is 13.0. The summed E-state index contributed by atoms with van der Waals surface area (Å²) < 4.78 is 5.37. The number of rotatable bonds is 8. The SMILES string of the molecule is CCCOCCCNCc1ccccc1O. The van der Waals surface area contributed by atoms with Gasteiger partial charge in [-0.25, -0.2) is 0 Å². The normalized spacial score (nSPS) is 10.6. The van der Waals surface area contributed by atoms with E-state index in [4.69, 9.17) is 4.74 Å². The molecule has 3 heteroatoms. The van der Waals surface area contributed by atoms with Gasteiger partial charge in [-0.1, -0.05) is 25.1 Å². The molecule has 0 heterocycles. The Kier molecular flexibility index (Phi) is 6.61. The summed E-state index contributed by atoms with van der Waals surface area (Å²) in [6, 6.07) is 7.40. The minimum Gasteiger partial charge on any atom is -0.508 e. The zero-order valence-electron chi connectivity index (χ0n) is 9.91. The highest BCUT2D eigenvalue weighted by atomic mass is 16.5. The van der Waals surface area contributed by atoms with Crippen molar-refractivity contribution in [3.63, 3.8) is 0 Å². The second kappa shape index (κ2) is 8.13. The van der Waals surface area contributed by atoms with Crippen molar-refractivity contribution >= 4 is 0 Å². The van der Waals surface area contributed by atoms with Gasteiger partial charge in [0.05, 0.1) is 0 Å². The molecule has 0 saturated heterocycles. The predicted octanol–water partition coefficient (Wildman–Crippen LogP) is 2.30. The van der Waals surface area contributed by atoms with Gasteiger partial charge in [-0.3, -0.25) is 0 Å². The van der Waals surface area contributed by atoms with Crippen LogP contribution in [-0.2, 0) is 11.3 Å². The molecule has 0 aliphatic heterocycles. The number of ether oxygens (including phenoxy) is 1. The van der Waals surface area contributed by atoms with Gasteiger partial charge in [-0.05, 0) is 25.5 Å². The van der Waals surface area contributed by atoms with Crippen LogP contribution in [0, 0.1) is 0 Å². The molecule has 0 radical (unpaired) electrons. The zero-order chi connectivity index (χ0) is 11.6. The number of hydrogen-bond donors (Lipinski definition) is 2. The molecule has 1 aromatic rings. The molecule has 0 atom stereocenters. The monoisotopic (exact) mass is 223 g/mol. The summed E-state index contributed by atoms with van der Waals surface area (Å²) in [7, 11) is 0. The third-order valence-electron chi connectivity index (χ3n) is 2.30. The van der Waals surface area contributed by atoms with Crippen molar-refractivity contribution in [1.29, 1.82) is 0 Å². The lowest BCUT2D eigenvalue weighted by Crippen LogP contribution is -2.16. The molecule has 2 N–H and O–H groups in total. The van der Waals surface area contributed by atoms with Gasteiger partial charge in [0.1, 0.15) is 5.75 Å². The van der Waals surface area contributed by atoms with Crippen LogP contribution >= 0.6 is 0 Å². The van der Waals surface area contributed by atoms with Gasteiger partial charge in [0.25, 0.3) is 0 Å². The second-order valence-corrected chi connectivity index (χ2v) is 3.77. The maximum atomic E-state index is 9.52. The lowest BCUT2D eigenvalue weighted by atomic mass is 10.2. The van der Waals surface area contributed by atoms with Crippen molar-refractivity contribution in [3.05, 3.63) is 29.8 Å². The molecule has 16 heavy (non-hydrogen) atoms. The molecule has 0 fully saturated rings. The Morgan fingerprint density at radius 1 is 1.25 bits per heavy atom. The average molecular weight is 223 g/mol. The third-order valence-corrected chi connectivity index (χ3v) is 2.30. The van der Waals surface area contributed by atoms with Gasteiger partial charge < -0.3 is 15.2 Å². The van der Waals surface area contributed by atoms with Crippen molar-refractivity contribution in [3.8, 4) is 5.75 Å². The van der Waals surface area contributed by atoms with Crippen molar-refractivity contribution < 1.29 is 9.84 Å². The Bertz CT molecular complexity index is 289. The lowest BCUT2D eigenvalue weighted by Gasteiger charge is -2.06. The van der Waals surface area contributed by atoms with Crippen LogP contribution in [0.25, 0.3) is 0 Å². The van der Waals surface area contributed by atoms with Gasteiger partial charge in [-0.2, -0.15) is 0 Å². The van der Waals surface area contributed by atoms with E-state index >= 15 is 0 Å². The van der Waals surface area contributed by atoms with Crippen molar-refractivity contribution in [1.82, 2.24) is 5.32 Å². The molecular weight excluding hydrogens is 202 g/mol. The molecule has 0 amide bonds. The zero-order valence-corrected chi connectivity index (χ0v) is 9.91. The van der Waals surface area contributed by atoms with Crippen molar-refractivity contribution in [2.45, 2.75) is 26.3 Å². The summed E-state index contributed by atoms with van der Waals surface area (Å²) in [6.07, 6.45) is 2.08. The van der Waals surface area contributed by atoms with Crippen LogP contribution in [-0.4, -0.2) is 24.9 Å². The fourth-order valence-corrected chi connectivity index (χ4v) is 1.43. The summed E-state index contributed by atoms with van der Waals surface area (Å²) >= 11 is 0. The average Bonchev–Trinajstić information content (AvgIpc) is 2.30. The standard InChI is InChI=1S/C13H21NO2/c1-2-9-16-10-5-8-14-11-12-6-3-4-7-13(12)15/h3-4,6-7,14-15H,2,5,8-11H2,1H3. The van der Waals surface area contributed by atoms with Crippen LogP contribution in [0.2, 0.25) is 0 Å². The van der Waals surface area contributed by atoms with Gasteiger partial charge in [0, 0.05) is 25.3 Å². The van der Waals surface area contributed by atoms with E-state index in [9.17, 15) is 5.11 Å². The van der Waals surface area contributed by atoms with Crippen LogP contribution in [0.1, 0.15) is 25.3 Å². The Balaban J connectivity index is 2.05. The first-order valence-corrected chi connectivity index (χ1v) is 5.90. The Labute approximate surface area is 97.4 Å². The maximum Gasteiger partial charge on any atom is 0.120 e. The van der Waals surface area contributed by atoms with E-state index in [1.54, 1.807) is 6.07 Å². The highest BCUT2D eigenvalue weighted by Gasteiger charge is 1.97. The van der Waals surface area contributed by atoms with E-state index in [1.165, 1.54) is 0 Å². The number of nitrogens with one attached hydrogen (secondary N) is 1. The fraction of sp³-hybridized carbons (Fsp3) is 0.538. The highest BCUT2D eigenvalue weighted by Crippen LogP contribution is 2.14. The molecule has 0 unspecified atom stereocenters. The summed E-state index contributed by atoms with van der Waals surface area (Å²) in [5.41, 5.74) is 0.942. The lowest BCUT2D eigenvalue weighted by molar-refractivity contribution is 0.132.